The summed E-state index contributed by atoms with van der Waals surface area (Å²) >= 11 is 1.12. The molecule has 3 aromatic rings. The Bertz CT molecular complexity index is 1060. The Labute approximate surface area is 175 Å². The molecule has 0 bridgehead atoms. The van der Waals surface area contributed by atoms with Gasteiger partial charge in [0.15, 0.2) is 0 Å². The molecule has 0 unspecified atom stereocenters. The highest BCUT2D eigenvalue weighted by atomic mass is 32.2. The monoisotopic (exact) mass is 436 g/mol. The molecule has 1 aliphatic rings. The van der Waals surface area contributed by atoms with Crippen LogP contribution in [0.4, 0.5) is 13.2 Å². The zero-order valence-electron chi connectivity index (χ0n) is 16.1. The van der Waals surface area contributed by atoms with Crippen molar-refractivity contribution in [1.82, 2.24) is 14.9 Å². The maximum atomic E-state index is 13.1. The van der Waals surface area contributed by atoms with Gasteiger partial charge in [0.05, 0.1) is 6.21 Å². The highest BCUT2D eigenvalue weighted by Gasteiger charge is 2.39. The minimum atomic E-state index is -4.66. The number of benzene rings is 1. The number of hydrogen-bond acceptors (Lipinski definition) is 6. The second-order valence-corrected chi connectivity index (χ2v) is 7.90. The SMILES string of the molecule is CCSc1nnc(C(F)(F)F)n1N=Cc1ccc(COc2ccc3c(c2)CCC3)o1. The maximum Gasteiger partial charge on any atom is 0.453 e. The molecule has 0 spiro atoms. The van der Waals surface area contributed by atoms with E-state index in [-0.39, 0.29) is 11.8 Å². The zero-order valence-corrected chi connectivity index (χ0v) is 17.0. The fraction of sp³-hybridized carbons (Fsp3) is 0.350. The number of thioether (sulfide) groups is 1. The lowest BCUT2D eigenvalue weighted by atomic mass is 10.1. The molecule has 0 saturated carbocycles. The number of fused-ring (bicyclic) bond motifs is 1. The van der Waals surface area contributed by atoms with Gasteiger partial charge in [-0.25, -0.2) is 0 Å². The van der Waals surface area contributed by atoms with Gasteiger partial charge in [-0.1, -0.05) is 24.8 Å². The van der Waals surface area contributed by atoms with E-state index < -0.39 is 12.0 Å². The van der Waals surface area contributed by atoms with Crippen molar-refractivity contribution in [2.45, 2.75) is 44.1 Å². The van der Waals surface area contributed by atoms with E-state index >= 15 is 0 Å². The first-order valence-corrected chi connectivity index (χ1v) is 10.5. The molecular weight excluding hydrogens is 417 g/mol. The van der Waals surface area contributed by atoms with Crippen molar-refractivity contribution < 1.29 is 22.3 Å². The van der Waals surface area contributed by atoms with Crippen molar-refractivity contribution in [3.63, 3.8) is 0 Å². The van der Waals surface area contributed by atoms with Crippen molar-refractivity contribution in [3.05, 3.63) is 58.8 Å². The van der Waals surface area contributed by atoms with Gasteiger partial charge in [-0.2, -0.15) is 22.9 Å². The Balaban J connectivity index is 1.44. The van der Waals surface area contributed by atoms with Crippen LogP contribution in [0.2, 0.25) is 0 Å². The standard InChI is InChI=1S/C20H19F3N4O2S/c1-2-30-19-26-25-18(20(21,22)23)27(19)24-11-16-8-9-17(29-16)12-28-15-7-6-13-4-3-5-14(13)10-15/h6-11H,2-5,12H2,1H3. The van der Waals surface area contributed by atoms with Gasteiger partial charge in [0.2, 0.25) is 5.16 Å². The lowest BCUT2D eigenvalue weighted by Gasteiger charge is -2.06. The summed E-state index contributed by atoms with van der Waals surface area (Å²) in [5.41, 5.74) is 2.68. The third-order valence-electron chi connectivity index (χ3n) is 4.57. The first-order valence-electron chi connectivity index (χ1n) is 9.47. The molecule has 10 heteroatoms. The normalized spacial score (nSPS) is 13.9. The van der Waals surface area contributed by atoms with Crippen molar-refractivity contribution in [1.29, 1.82) is 0 Å². The van der Waals surface area contributed by atoms with Gasteiger partial charge in [0.1, 0.15) is 23.9 Å². The van der Waals surface area contributed by atoms with Gasteiger partial charge in [0.25, 0.3) is 5.82 Å². The molecule has 30 heavy (non-hydrogen) atoms. The summed E-state index contributed by atoms with van der Waals surface area (Å²) in [5.74, 6) is 0.970. The Morgan fingerprint density at radius 1 is 1.20 bits per heavy atom. The number of furan rings is 1. The number of hydrogen-bond donors (Lipinski definition) is 0. The molecular formula is C20H19F3N4O2S. The van der Waals surface area contributed by atoms with E-state index in [1.807, 2.05) is 12.1 Å². The molecule has 158 valence electrons. The van der Waals surface area contributed by atoms with Crippen molar-refractivity contribution >= 4 is 18.0 Å². The van der Waals surface area contributed by atoms with Crippen LogP contribution in [-0.2, 0) is 25.6 Å². The van der Waals surface area contributed by atoms with Gasteiger partial charge in [-0.05, 0) is 60.4 Å². The molecule has 6 nitrogen and oxygen atoms in total. The van der Waals surface area contributed by atoms with Crippen LogP contribution in [0.5, 0.6) is 5.75 Å². The van der Waals surface area contributed by atoms with E-state index in [1.54, 1.807) is 19.1 Å². The Hall–Kier alpha value is -2.75. The van der Waals surface area contributed by atoms with Gasteiger partial charge in [-0.15, -0.1) is 10.2 Å². The number of aryl methyl sites for hydroxylation is 2. The van der Waals surface area contributed by atoms with Crippen LogP contribution in [0, 0.1) is 0 Å². The van der Waals surface area contributed by atoms with E-state index in [2.05, 4.69) is 21.4 Å². The number of ether oxygens (including phenoxy) is 1. The molecule has 0 aliphatic heterocycles. The van der Waals surface area contributed by atoms with Gasteiger partial charge in [0, 0.05) is 0 Å². The summed E-state index contributed by atoms with van der Waals surface area (Å²) < 4.78 is 51.5. The number of aromatic nitrogens is 3. The number of alkyl halides is 3. The molecule has 0 N–H and O–H groups in total. The maximum absolute atomic E-state index is 13.1. The molecule has 4 rings (SSSR count). The van der Waals surface area contributed by atoms with E-state index in [1.165, 1.54) is 23.8 Å². The fourth-order valence-corrected chi connectivity index (χ4v) is 3.83. The van der Waals surface area contributed by atoms with E-state index in [4.69, 9.17) is 9.15 Å². The van der Waals surface area contributed by atoms with Crippen LogP contribution < -0.4 is 4.74 Å². The third-order valence-corrected chi connectivity index (χ3v) is 5.37. The van der Waals surface area contributed by atoms with Crippen LogP contribution in [0.25, 0.3) is 0 Å². The lowest BCUT2D eigenvalue weighted by molar-refractivity contribution is -0.147. The smallest absolute Gasteiger partial charge is 0.453 e. The predicted octanol–water partition coefficient (Wildman–Crippen LogP) is 4.95. The first-order chi connectivity index (χ1) is 14.4. The number of halogens is 3. The fourth-order valence-electron chi connectivity index (χ4n) is 3.21. The van der Waals surface area contributed by atoms with Crippen LogP contribution in [0.3, 0.4) is 0 Å². The Morgan fingerprint density at radius 2 is 2.03 bits per heavy atom. The van der Waals surface area contributed by atoms with E-state index in [0.29, 0.717) is 21.9 Å². The topological polar surface area (TPSA) is 65.4 Å². The van der Waals surface area contributed by atoms with Crippen molar-refractivity contribution in [2.75, 3.05) is 5.75 Å². The van der Waals surface area contributed by atoms with Crippen LogP contribution in [0.15, 0.2) is 45.0 Å². The number of rotatable bonds is 7. The molecule has 2 aromatic heterocycles. The summed E-state index contributed by atoms with van der Waals surface area (Å²) in [7, 11) is 0. The van der Waals surface area contributed by atoms with Gasteiger partial charge >= 0.3 is 6.18 Å². The van der Waals surface area contributed by atoms with Crippen LogP contribution >= 0.6 is 11.8 Å². The summed E-state index contributed by atoms with van der Waals surface area (Å²) in [5, 5.41) is 10.7. The summed E-state index contributed by atoms with van der Waals surface area (Å²) in [6, 6.07) is 9.39. The third kappa shape index (κ3) is 4.53. The second kappa shape index (κ2) is 8.55. The molecule has 1 aromatic carbocycles. The summed E-state index contributed by atoms with van der Waals surface area (Å²) in [4.78, 5) is 0. The number of nitrogens with zero attached hydrogens (tertiary/aromatic N) is 4. The Kier molecular flexibility index (Phi) is 5.85. The molecule has 1 aliphatic carbocycles. The summed E-state index contributed by atoms with van der Waals surface area (Å²) in [6.07, 6.45) is -0.112. The van der Waals surface area contributed by atoms with Gasteiger partial charge < -0.3 is 9.15 Å². The average molecular weight is 436 g/mol. The lowest BCUT2D eigenvalue weighted by Crippen LogP contribution is -2.13. The predicted molar refractivity (Wildman–Crippen MR) is 106 cm³/mol. The molecule has 0 amide bonds. The second-order valence-electron chi connectivity index (χ2n) is 6.67. The van der Waals surface area contributed by atoms with Crippen LogP contribution in [0.1, 0.15) is 41.8 Å². The largest absolute Gasteiger partial charge is 0.486 e. The summed E-state index contributed by atoms with van der Waals surface area (Å²) in [6.45, 7) is 2.02. The molecule has 0 radical (unpaired) electrons. The first kappa shape index (κ1) is 20.5. The van der Waals surface area contributed by atoms with Crippen molar-refractivity contribution in [2.24, 2.45) is 5.10 Å². The minimum absolute atomic E-state index is 0.0628. The minimum Gasteiger partial charge on any atom is -0.486 e. The molecule has 2 heterocycles. The highest BCUT2D eigenvalue weighted by molar-refractivity contribution is 7.99. The highest BCUT2D eigenvalue weighted by Crippen LogP contribution is 2.30. The van der Waals surface area contributed by atoms with E-state index in [0.717, 1.165) is 30.4 Å². The quantitative estimate of drug-likeness (QED) is 0.387. The van der Waals surface area contributed by atoms with Gasteiger partial charge in [-0.3, -0.25) is 0 Å². The molecule has 0 atom stereocenters. The van der Waals surface area contributed by atoms with E-state index in [9.17, 15) is 13.2 Å². The van der Waals surface area contributed by atoms with Crippen LogP contribution in [-0.4, -0.2) is 26.8 Å². The molecule has 0 saturated heterocycles. The van der Waals surface area contributed by atoms with Crippen molar-refractivity contribution in [3.8, 4) is 5.75 Å². The molecule has 0 fully saturated rings. The Morgan fingerprint density at radius 3 is 2.83 bits per heavy atom. The average Bonchev–Trinajstić information content (AvgIpc) is 3.43. The zero-order chi connectivity index (χ0) is 21.1.